The van der Waals surface area contributed by atoms with E-state index in [4.69, 9.17) is 9.39 Å². The van der Waals surface area contributed by atoms with E-state index in [0.29, 0.717) is 18.1 Å². The number of fused-ring (bicyclic) bond motifs is 2. The molecule has 0 aromatic heterocycles. The van der Waals surface area contributed by atoms with Gasteiger partial charge in [-0.25, -0.2) is 10.3 Å². The Morgan fingerprint density at radius 2 is 2.19 bits per heavy atom. The van der Waals surface area contributed by atoms with E-state index in [1.807, 2.05) is 0 Å². The van der Waals surface area contributed by atoms with Crippen LogP contribution in [0.4, 0.5) is 4.79 Å². The summed E-state index contributed by atoms with van der Waals surface area (Å²) in [6.07, 6.45) is 2.33. The summed E-state index contributed by atoms with van der Waals surface area (Å²) in [6, 6.07) is -2.02. The van der Waals surface area contributed by atoms with E-state index >= 15 is 0 Å². The number of piperidine rings is 1. The molecule has 12 heteroatoms. The van der Waals surface area contributed by atoms with Crippen molar-refractivity contribution in [2.45, 2.75) is 51.2 Å². The molecule has 3 fully saturated rings. The van der Waals surface area contributed by atoms with Gasteiger partial charge in [0.25, 0.3) is 5.91 Å². The molecule has 0 aromatic rings. The molecule has 0 spiro atoms. The lowest BCUT2D eigenvalue weighted by Gasteiger charge is -2.40. The van der Waals surface area contributed by atoms with Crippen LogP contribution in [0, 0.1) is 5.41 Å². The number of urea groups is 1. The highest BCUT2D eigenvalue weighted by molar-refractivity contribution is 7.80. The zero-order valence-corrected chi connectivity index (χ0v) is 15.5. The number of amides is 3. The topological polar surface area (TPSA) is 138 Å². The summed E-state index contributed by atoms with van der Waals surface area (Å²) in [5, 5.41) is 3.87. The Balaban J connectivity index is 1.65. The van der Waals surface area contributed by atoms with E-state index in [-0.39, 0.29) is 12.6 Å². The Hall–Kier alpha value is -1.47. The van der Waals surface area contributed by atoms with Crippen LogP contribution in [-0.4, -0.2) is 72.7 Å². The van der Waals surface area contributed by atoms with Gasteiger partial charge in [0.1, 0.15) is 6.04 Å². The molecule has 3 aliphatic heterocycles. The lowest BCUT2D eigenvalue weighted by Crippen LogP contribution is -2.54. The maximum absolute atomic E-state index is 12.5. The van der Waals surface area contributed by atoms with Crippen molar-refractivity contribution in [2.75, 3.05) is 19.7 Å². The van der Waals surface area contributed by atoms with Crippen molar-refractivity contribution in [2.24, 2.45) is 5.41 Å². The van der Waals surface area contributed by atoms with Gasteiger partial charge in [0, 0.05) is 12.6 Å². The maximum atomic E-state index is 12.5. The largest absolute Gasteiger partial charge is 0.418 e. The molecule has 2 bridgehead atoms. The van der Waals surface area contributed by atoms with Gasteiger partial charge in [0.05, 0.1) is 12.6 Å². The monoisotopic (exact) mass is 392 g/mol. The lowest BCUT2D eigenvalue weighted by atomic mass is 9.76. The Morgan fingerprint density at radius 3 is 2.81 bits per heavy atom. The third kappa shape index (κ3) is 3.93. The van der Waals surface area contributed by atoms with Crippen LogP contribution in [0.1, 0.15) is 33.1 Å². The molecule has 3 N–H and O–H groups in total. The molecule has 26 heavy (non-hydrogen) atoms. The summed E-state index contributed by atoms with van der Waals surface area (Å²) in [6.45, 7) is 4.97. The number of carbonyl (C=O) groups is 2. The van der Waals surface area contributed by atoms with E-state index in [1.54, 1.807) is 13.8 Å². The predicted molar refractivity (Wildman–Crippen MR) is 87.7 cm³/mol. The fourth-order valence-corrected chi connectivity index (χ4v) is 4.14. The summed E-state index contributed by atoms with van der Waals surface area (Å²) in [7, 11) is -4.84. The number of hydroxylamine groups is 3. The van der Waals surface area contributed by atoms with Crippen LogP contribution in [0.3, 0.4) is 0 Å². The summed E-state index contributed by atoms with van der Waals surface area (Å²) < 4.78 is 35.4. The number of nitrogens with one attached hydrogen (secondary N) is 2. The molecule has 0 radical (unpaired) electrons. The van der Waals surface area contributed by atoms with Gasteiger partial charge in [-0.3, -0.25) is 14.2 Å². The maximum Gasteiger partial charge on any atom is 0.418 e. The molecule has 3 aliphatic rings. The molecule has 3 atom stereocenters. The van der Waals surface area contributed by atoms with Gasteiger partial charge < -0.3 is 10.2 Å². The molecule has 1 unspecified atom stereocenters. The normalized spacial score (nSPS) is 30.7. The molecule has 0 saturated carbocycles. The van der Waals surface area contributed by atoms with Crippen LogP contribution in [0.15, 0.2) is 0 Å². The van der Waals surface area contributed by atoms with E-state index in [2.05, 4.69) is 15.1 Å². The van der Waals surface area contributed by atoms with Crippen molar-refractivity contribution in [3.63, 3.8) is 0 Å². The van der Waals surface area contributed by atoms with Crippen LogP contribution in [0.2, 0.25) is 0 Å². The second kappa shape index (κ2) is 6.93. The predicted octanol–water partition coefficient (Wildman–Crippen LogP) is -0.575. The Bertz CT molecular complexity index is 677. The van der Waals surface area contributed by atoms with Crippen LogP contribution in [0.5, 0.6) is 0 Å². The van der Waals surface area contributed by atoms with Crippen molar-refractivity contribution in [3.8, 4) is 0 Å². The fourth-order valence-electron chi connectivity index (χ4n) is 3.77. The third-order valence-electron chi connectivity index (χ3n) is 5.18. The zero-order valence-electron chi connectivity index (χ0n) is 14.7. The average Bonchev–Trinajstić information content (AvgIpc) is 3.12. The second-order valence-corrected chi connectivity index (χ2v) is 8.56. The van der Waals surface area contributed by atoms with Crippen LogP contribution in [-0.2, 0) is 24.3 Å². The van der Waals surface area contributed by atoms with Gasteiger partial charge in [-0.15, -0.1) is 4.28 Å². The minimum Gasteiger partial charge on any atom is -0.312 e. The van der Waals surface area contributed by atoms with Crippen molar-refractivity contribution in [1.29, 1.82) is 0 Å². The number of rotatable bonds is 6. The van der Waals surface area contributed by atoms with Gasteiger partial charge in [-0.05, 0) is 31.2 Å². The van der Waals surface area contributed by atoms with E-state index in [9.17, 15) is 18.0 Å². The number of hydrogen-bond donors (Lipinski definition) is 3. The highest BCUT2D eigenvalue weighted by atomic mass is 32.3. The molecule has 0 aromatic carbocycles. The number of carbonyl (C=O) groups excluding carboxylic acids is 2. The first kappa shape index (κ1) is 19.3. The Morgan fingerprint density at radius 1 is 1.46 bits per heavy atom. The van der Waals surface area contributed by atoms with Gasteiger partial charge in [0.15, 0.2) is 0 Å². The standard InChI is InChI=1S/C14H24N4O7S/c1-14(2)6-10(12(19)16-24-8-9-4-3-5-15-9)17-7-11(14)18(13(17)20)25-26(21,22)23/h9-11,15H,3-8H2,1-2H3,(H,16,19)(H,21,22,23)/t9?,10-,11-/m0/s1. The second-order valence-electron chi connectivity index (χ2n) is 7.56. The summed E-state index contributed by atoms with van der Waals surface area (Å²) in [4.78, 5) is 31.5. The van der Waals surface area contributed by atoms with Crippen LogP contribution in [0.25, 0.3) is 0 Å². The molecule has 3 rings (SSSR count). The van der Waals surface area contributed by atoms with Gasteiger partial charge in [-0.1, -0.05) is 13.8 Å². The smallest absolute Gasteiger partial charge is 0.312 e. The molecule has 11 nitrogen and oxygen atoms in total. The minimum atomic E-state index is -4.84. The van der Waals surface area contributed by atoms with Crippen LogP contribution >= 0.6 is 0 Å². The minimum absolute atomic E-state index is 0.115. The summed E-state index contributed by atoms with van der Waals surface area (Å²) in [5.74, 6) is -0.475. The molecule has 3 saturated heterocycles. The SMILES string of the molecule is CC1(C)C[C@@H](C(=O)NOCC2CCCN2)N2C[C@@H]1N(OS(=O)(=O)O)C2=O. The van der Waals surface area contributed by atoms with Crippen molar-refractivity contribution < 1.29 is 31.7 Å². The number of nitrogens with zero attached hydrogens (tertiary/aromatic N) is 2. The molecular weight excluding hydrogens is 368 g/mol. The fraction of sp³-hybridized carbons (Fsp3) is 0.857. The first-order valence-corrected chi connectivity index (χ1v) is 9.87. The highest BCUT2D eigenvalue weighted by Gasteiger charge is 2.56. The average molecular weight is 392 g/mol. The van der Waals surface area contributed by atoms with Crippen LogP contribution < -0.4 is 10.8 Å². The Kier molecular flexibility index (Phi) is 5.14. The molecule has 3 heterocycles. The van der Waals surface area contributed by atoms with Gasteiger partial charge >= 0.3 is 16.4 Å². The van der Waals surface area contributed by atoms with E-state index in [1.165, 1.54) is 4.90 Å². The van der Waals surface area contributed by atoms with Crippen molar-refractivity contribution in [3.05, 3.63) is 0 Å². The van der Waals surface area contributed by atoms with E-state index in [0.717, 1.165) is 19.4 Å². The molecule has 148 valence electrons. The van der Waals surface area contributed by atoms with E-state index < -0.39 is 39.8 Å². The first-order valence-electron chi connectivity index (χ1n) is 8.50. The third-order valence-corrected chi connectivity index (χ3v) is 5.53. The number of hydrogen-bond acceptors (Lipinski definition) is 7. The molecule has 0 aliphatic carbocycles. The lowest BCUT2D eigenvalue weighted by molar-refractivity contribution is -0.141. The zero-order chi connectivity index (χ0) is 19.1. The van der Waals surface area contributed by atoms with Gasteiger partial charge in [0.2, 0.25) is 0 Å². The van der Waals surface area contributed by atoms with Gasteiger partial charge in [-0.2, -0.15) is 13.5 Å². The molecular formula is C14H24N4O7S. The Labute approximate surface area is 151 Å². The summed E-state index contributed by atoms with van der Waals surface area (Å²) in [5.41, 5.74) is 1.77. The summed E-state index contributed by atoms with van der Waals surface area (Å²) >= 11 is 0. The highest BCUT2D eigenvalue weighted by Crippen LogP contribution is 2.42. The molecule has 3 amide bonds. The first-order chi connectivity index (χ1) is 12.1. The van der Waals surface area contributed by atoms with Crippen molar-refractivity contribution in [1.82, 2.24) is 20.8 Å². The van der Waals surface area contributed by atoms with Crippen molar-refractivity contribution >= 4 is 22.3 Å². The quantitative estimate of drug-likeness (QED) is 0.403.